The molecule has 0 spiro atoms. The van der Waals surface area contributed by atoms with Gasteiger partial charge >= 0.3 is 0 Å². The summed E-state index contributed by atoms with van der Waals surface area (Å²) in [5, 5.41) is 0.920. The smallest absolute Gasteiger partial charge is 0.262 e. The molecule has 0 radical (unpaired) electrons. The average molecular weight is 331 g/mol. The molecule has 0 N–H and O–H groups in total. The summed E-state index contributed by atoms with van der Waals surface area (Å²) in [6, 6.07) is 0.163. The summed E-state index contributed by atoms with van der Waals surface area (Å²) >= 11 is 1.76. The number of thiophene rings is 1. The minimum Gasteiger partial charge on any atom is -0.296 e. The monoisotopic (exact) mass is 331 g/mol. The first-order valence-electron chi connectivity index (χ1n) is 8.93. The van der Waals surface area contributed by atoms with Crippen molar-refractivity contribution in [2.24, 2.45) is 0 Å². The van der Waals surface area contributed by atoms with Crippen LogP contribution >= 0.6 is 11.3 Å². The number of likely N-dealkylation sites (tertiary alicyclic amines) is 1. The molecule has 0 amide bonds. The minimum atomic E-state index is 0.163. The summed E-state index contributed by atoms with van der Waals surface area (Å²) in [7, 11) is 0. The van der Waals surface area contributed by atoms with Crippen molar-refractivity contribution in [3.8, 4) is 0 Å². The highest BCUT2D eigenvalue weighted by Crippen LogP contribution is 2.34. The zero-order chi connectivity index (χ0) is 16.0. The second kappa shape index (κ2) is 6.02. The third kappa shape index (κ3) is 2.64. The number of hydrogen-bond acceptors (Lipinski definition) is 4. The lowest BCUT2D eigenvalue weighted by molar-refractivity contribution is 0.310. The first kappa shape index (κ1) is 15.3. The van der Waals surface area contributed by atoms with E-state index >= 15 is 0 Å². The van der Waals surface area contributed by atoms with Crippen molar-refractivity contribution in [2.75, 3.05) is 13.1 Å². The second-order valence-electron chi connectivity index (χ2n) is 7.17. The van der Waals surface area contributed by atoms with Crippen LogP contribution in [0, 0.1) is 0 Å². The molecule has 0 aromatic carbocycles. The number of aromatic nitrogens is 2. The summed E-state index contributed by atoms with van der Waals surface area (Å²) in [5.41, 5.74) is 1.49. The van der Waals surface area contributed by atoms with Gasteiger partial charge in [-0.1, -0.05) is 0 Å². The zero-order valence-electron chi connectivity index (χ0n) is 14.1. The van der Waals surface area contributed by atoms with Crippen molar-refractivity contribution in [3.05, 3.63) is 26.6 Å². The van der Waals surface area contributed by atoms with E-state index in [2.05, 4.69) is 18.7 Å². The summed E-state index contributed by atoms with van der Waals surface area (Å²) in [5.74, 6) is 0.956. The van der Waals surface area contributed by atoms with Crippen LogP contribution in [0.15, 0.2) is 4.79 Å². The van der Waals surface area contributed by atoms with Crippen LogP contribution in [-0.4, -0.2) is 27.5 Å². The molecular formula is C18H25N3OS. The standard InChI is InChI=1S/C18H25N3OS/c1-12(2)21-15(11-20-9-5-6-10-20)19-17-16(18(21)22)13-7-3-4-8-14(13)23-17/h12H,3-11H2,1-2H3. The Morgan fingerprint density at radius 1 is 1.13 bits per heavy atom. The highest BCUT2D eigenvalue weighted by atomic mass is 32.1. The molecule has 1 saturated heterocycles. The van der Waals surface area contributed by atoms with Gasteiger partial charge in [0, 0.05) is 10.9 Å². The topological polar surface area (TPSA) is 38.1 Å². The molecule has 1 fully saturated rings. The molecule has 1 aliphatic carbocycles. The molecule has 2 aliphatic rings. The Labute approximate surface area is 141 Å². The Morgan fingerprint density at radius 2 is 1.87 bits per heavy atom. The molecule has 23 heavy (non-hydrogen) atoms. The lowest BCUT2D eigenvalue weighted by Gasteiger charge is -2.20. The van der Waals surface area contributed by atoms with E-state index in [1.807, 2.05) is 4.57 Å². The van der Waals surface area contributed by atoms with E-state index in [1.165, 1.54) is 36.1 Å². The third-order valence-corrected chi connectivity index (χ3v) is 6.36. The molecule has 0 atom stereocenters. The number of aryl methyl sites for hydroxylation is 2. The van der Waals surface area contributed by atoms with Gasteiger partial charge in [-0.25, -0.2) is 4.98 Å². The van der Waals surface area contributed by atoms with Gasteiger partial charge in [-0.15, -0.1) is 11.3 Å². The van der Waals surface area contributed by atoms with E-state index in [-0.39, 0.29) is 11.6 Å². The molecule has 1 aliphatic heterocycles. The fourth-order valence-corrected chi connectivity index (χ4v) is 5.32. The van der Waals surface area contributed by atoms with Crippen LogP contribution in [0.5, 0.6) is 0 Å². The van der Waals surface area contributed by atoms with Crippen LogP contribution in [0.4, 0.5) is 0 Å². The summed E-state index contributed by atoms with van der Waals surface area (Å²) < 4.78 is 1.95. The highest BCUT2D eigenvalue weighted by Gasteiger charge is 2.24. The van der Waals surface area contributed by atoms with E-state index in [9.17, 15) is 4.79 Å². The van der Waals surface area contributed by atoms with Gasteiger partial charge in [-0.05, 0) is 71.0 Å². The van der Waals surface area contributed by atoms with Crippen molar-refractivity contribution in [1.29, 1.82) is 0 Å². The predicted molar refractivity (Wildman–Crippen MR) is 95.4 cm³/mol. The largest absolute Gasteiger partial charge is 0.296 e. The van der Waals surface area contributed by atoms with Gasteiger partial charge in [-0.2, -0.15) is 0 Å². The normalized spacial score (nSPS) is 18.9. The quantitative estimate of drug-likeness (QED) is 0.864. The van der Waals surface area contributed by atoms with E-state index < -0.39 is 0 Å². The molecule has 0 bridgehead atoms. The van der Waals surface area contributed by atoms with Crippen LogP contribution in [0.3, 0.4) is 0 Å². The van der Waals surface area contributed by atoms with Crippen molar-refractivity contribution < 1.29 is 0 Å². The minimum absolute atomic E-state index is 0.163. The molecule has 2 aromatic heterocycles. The molecule has 0 saturated carbocycles. The fourth-order valence-electron chi connectivity index (χ4n) is 4.04. The molecule has 4 rings (SSSR count). The summed E-state index contributed by atoms with van der Waals surface area (Å²) in [6.45, 7) is 7.27. The highest BCUT2D eigenvalue weighted by molar-refractivity contribution is 7.18. The Morgan fingerprint density at radius 3 is 2.61 bits per heavy atom. The predicted octanol–water partition coefficient (Wildman–Crippen LogP) is 3.51. The van der Waals surface area contributed by atoms with Crippen LogP contribution in [-0.2, 0) is 19.4 Å². The Balaban J connectivity index is 1.88. The number of rotatable bonds is 3. The average Bonchev–Trinajstić information content (AvgIpc) is 3.13. The summed E-state index contributed by atoms with van der Waals surface area (Å²) in [4.78, 5) is 23.0. The lowest BCUT2D eigenvalue weighted by Crippen LogP contribution is -2.31. The SMILES string of the molecule is CC(C)n1c(CN2CCCC2)nc2sc3c(c2c1=O)CCCC3. The van der Waals surface area contributed by atoms with Gasteiger partial charge in [-0.3, -0.25) is 14.3 Å². The molecule has 4 nitrogen and oxygen atoms in total. The Kier molecular flexibility index (Phi) is 4.01. The van der Waals surface area contributed by atoms with Gasteiger partial charge in [0.25, 0.3) is 5.56 Å². The first-order chi connectivity index (χ1) is 11.1. The van der Waals surface area contributed by atoms with Crippen LogP contribution in [0.1, 0.15) is 61.8 Å². The first-order valence-corrected chi connectivity index (χ1v) is 9.75. The molecule has 0 unspecified atom stereocenters. The van der Waals surface area contributed by atoms with E-state index in [0.29, 0.717) is 0 Å². The Hall–Kier alpha value is -1.20. The van der Waals surface area contributed by atoms with Gasteiger partial charge < -0.3 is 0 Å². The van der Waals surface area contributed by atoms with Gasteiger partial charge in [0.1, 0.15) is 10.7 Å². The maximum atomic E-state index is 13.2. The van der Waals surface area contributed by atoms with Crippen molar-refractivity contribution in [2.45, 2.75) is 65.0 Å². The third-order valence-electron chi connectivity index (χ3n) is 5.17. The van der Waals surface area contributed by atoms with E-state index in [4.69, 9.17) is 4.98 Å². The maximum Gasteiger partial charge on any atom is 0.262 e. The number of fused-ring (bicyclic) bond motifs is 3. The number of hydrogen-bond donors (Lipinski definition) is 0. The second-order valence-corrected chi connectivity index (χ2v) is 8.25. The fraction of sp³-hybridized carbons (Fsp3) is 0.667. The van der Waals surface area contributed by atoms with E-state index in [1.54, 1.807) is 11.3 Å². The van der Waals surface area contributed by atoms with Crippen LogP contribution < -0.4 is 5.56 Å². The number of nitrogens with zero attached hydrogens (tertiary/aromatic N) is 3. The van der Waals surface area contributed by atoms with Gasteiger partial charge in [0.15, 0.2) is 0 Å². The lowest BCUT2D eigenvalue weighted by atomic mass is 9.97. The van der Waals surface area contributed by atoms with Crippen molar-refractivity contribution in [3.63, 3.8) is 0 Å². The van der Waals surface area contributed by atoms with Crippen molar-refractivity contribution >= 4 is 21.6 Å². The summed E-state index contributed by atoms with van der Waals surface area (Å²) in [6.07, 6.45) is 7.16. The molecule has 2 aromatic rings. The maximum absolute atomic E-state index is 13.2. The van der Waals surface area contributed by atoms with Gasteiger partial charge in [0.2, 0.25) is 0 Å². The van der Waals surface area contributed by atoms with Crippen LogP contribution in [0.25, 0.3) is 10.2 Å². The zero-order valence-corrected chi connectivity index (χ0v) is 14.9. The molecular weight excluding hydrogens is 306 g/mol. The van der Waals surface area contributed by atoms with E-state index in [0.717, 1.165) is 48.5 Å². The van der Waals surface area contributed by atoms with Crippen LogP contribution in [0.2, 0.25) is 0 Å². The van der Waals surface area contributed by atoms with Crippen molar-refractivity contribution in [1.82, 2.24) is 14.5 Å². The molecule has 5 heteroatoms. The molecule has 124 valence electrons. The molecule has 3 heterocycles. The van der Waals surface area contributed by atoms with Gasteiger partial charge in [0.05, 0.1) is 11.9 Å². The Bertz CT molecular complexity index is 784.